The first-order chi connectivity index (χ1) is 15.1. The molecule has 0 bridgehead atoms. The van der Waals surface area contributed by atoms with Crippen LogP contribution in [-0.2, 0) is 19.6 Å². The molecule has 178 valence electrons. The Morgan fingerprint density at radius 2 is 1.97 bits per heavy atom. The molecule has 0 aliphatic carbocycles. The second kappa shape index (κ2) is 9.39. The predicted molar refractivity (Wildman–Crippen MR) is 124 cm³/mol. The number of hydrogen-bond donors (Lipinski definition) is 1. The molecule has 0 radical (unpaired) electrons. The molecule has 1 aromatic carbocycles. The highest BCUT2D eigenvalue weighted by molar-refractivity contribution is 7.89. The molecule has 1 amide bonds. The van der Waals surface area contributed by atoms with Gasteiger partial charge in [0.05, 0.1) is 27.9 Å². The van der Waals surface area contributed by atoms with Crippen LogP contribution in [0.2, 0.25) is 10.0 Å². The maximum Gasteiger partial charge on any atom is 0.244 e. The molecule has 7 nitrogen and oxygen atoms in total. The zero-order valence-electron chi connectivity index (χ0n) is 18.5. The van der Waals surface area contributed by atoms with E-state index in [4.69, 9.17) is 27.9 Å². The first-order valence-corrected chi connectivity index (χ1v) is 13.5. The summed E-state index contributed by atoms with van der Waals surface area (Å²) in [5, 5.41) is 3.85. The SMILES string of the molecule is CC(C)C[C@@H]1NC2(CCN(S(=O)(=O)c3cccc(Cl)c3Cl)CC2)N(C[C@H]2CCCO2)C1=O. The Bertz CT molecular complexity index is 958. The van der Waals surface area contributed by atoms with Crippen molar-refractivity contribution in [2.75, 3.05) is 26.2 Å². The zero-order chi connectivity index (χ0) is 23.1. The molecule has 3 saturated heterocycles. The molecular weight excluding hydrogens is 473 g/mol. The van der Waals surface area contributed by atoms with Gasteiger partial charge in [-0.15, -0.1) is 0 Å². The fraction of sp³-hybridized carbons (Fsp3) is 0.682. The van der Waals surface area contributed by atoms with Gasteiger partial charge in [-0.05, 0) is 50.2 Å². The van der Waals surface area contributed by atoms with Crippen molar-refractivity contribution in [3.8, 4) is 0 Å². The number of carbonyl (C=O) groups excluding carboxylic acids is 1. The van der Waals surface area contributed by atoms with Gasteiger partial charge in [-0.25, -0.2) is 8.42 Å². The van der Waals surface area contributed by atoms with Crippen LogP contribution in [0.3, 0.4) is 0 Å². The molecule has 3 fully saturated rings. The van der Waals surface area contributed by atoms with Crippen molar-refractivity contribution in [1.82, 2.24) is 14.5 Å². The number of nitrogens with zero attached hydrogens (tertiary/aromatic N) is 2. The molecule has 3 aliphatic rings. The minimum Gasteiger partial charge on any atom is -0.376 e. The highest BCUT2D eigenvalue weighted by Gasteiger charge is 2.53. The van der Waals surface area contributed by atoms with Crippen molar-refractivity contribution in [2.24, 2.45) is 5.92 Å². The third-order valence-electron chi connectivity index (χ3n) is 6.72. The Hall–Kier alpha value is -0.900. The molecule has 10 heteroatoms. The summed E-state index contributed by atoms with van der Waals surface area (Å²) < 4.78 is 33.8. The summed E-state index contributed by atoms with van der Waals surface area (Å²) in [6, 6.07) is 4.39. The van der Waals surface area contributed by atoms with Crippen LogP contribution in [0.4, 0.5) is 0 Å². The first kappa shape index (κ1) is 24.2. The molecule has 1 N–H and O–H groups in total. The van der Waals surface area contributed by atoms with E-state index in [-0.39, 0.29) is 33.0 Å². The number of benzene rings is 1. The lowest BCUT2D eigenvalue weighted by Crippen LogP contribution is -2.60. The normalized spacial score (nSPS) is 26.5. The summed E-state index contributed by atoms with van der Waals surface area (Å²) in [5.74, 6) is 0.477. The standard InChI is InChI=1S/C22H31Cl2N3O4S/c1-15(2)13-18-21(28)27(14-16-5-4-12-31-16)22(25-18)8-10-26(11-9-22)32(29,30)19-7-3-6-17(23)20(19)24/h3,6-7,15-16,18,25H,4-5,8-14H2,1-2H3/t16-,18+/m1/s1. The molecule has 4 rings (SSSR count). The number of amides is 1. The van der Waals surface area contributed by atoms with Gasteiger partial charge in [0, 0.05) is 26.2 Å². The highest BCUT2D eigenvalue weighted by Crippen LogP contribution is 2.38. The summed E-state index contributed by atoms with van der Waals surface area (Å²) in [6.07, 6.45) is 3.78. The molecule has 1 spiro atoms. The van der Waals surface area contributed by atoms with Gasteiger partial charge in [0.15, 0.2) is 0 Å². The van der Waals surface area contributed by atoms with Gasteiger partial charge in [0.2, 0.25) is 15.9 Å². The summed E-state index contributed by atoms with van der Waals surface area (Å²) in [4.78, 5) is 15.3. The zero-order valence-corrected chi connectivity index (χ0v) is 20.8. The second-order valence-corrected chi connectivity index (χ2v) is 12.1. The lowest BCUT2D eigenvalue weighted by atomic mass is 9.96. The number of nitrogens with one attached hydrogen (secondary N) is 1. The molecule has 0 aromatic heterocycles. The Kier molecular flexibility index (Phi) is 7.11. The van der Waals surface area contributed by atoms with Gasteiger partial charge in [-0.2, -0.15) is 4.31 Å². The molecule has 2 atom stereocenters. The predicted octanol–water partition coefficient (Wildman–Crippen LogP) is 3.50. The maximum absolute atomic E-state index is 13.3. The molecule has 1 aromatic rings. The van der Waals surface area contributed by atoms with Crippen LogP contribution in [0.25, 0.3) is 0 Å². The number of carbonyl (C=O) groups is 1. The summed E-state index contributed by atoms with van der Waals surface area (Å²) in [6.45, 7) is 6.08. The number of halogens is 2. The van der Waals surface area contributed by atoms with E-state index in [0.29, 0.717) is 38.4 Å². The molecule has 0 unspecified atom stereocenters. The molecule has 0 saturated carbocycles. The lowest BCUT2D eigenvalue weighted by molar-refractivity contribution is -0.135. The van der Waals surface area contributed by atoms with Gasteiger partial charge in [0.25, 0.3) is 0 Å². The van der Waals surface area contributed by atoms with Crippen molar-refractivity contribution >= 4 is 39.1 Å². The van der Waals surface area contributed by atoms with E-state index in [9.17, 15) is 13.2 Å². The number of hydrogen-bond acceptors (Lipinski definition) is 5. The van der Waals surface area contributed by atoms with Crippen molar-refractivity contribution in [3.05, 3.63) is 28.2 Å². The van der Waals surface area contributed by atoms with E-state index >= 15 is 0 Å². The number of sulfonamides is 1. The number of piperidine rings is 1. The second-order valence-electron chi connectivity index (χ2n) is 9.40. The van der Waals surface area contributed by atoms with Gasteiger partial charge in [-0.1, -0.05) is 43.1 Å². The third-order valence-corrected chi connectivity index (χ3v) is 9.60. The van der Waals surface area contributed by atoms with Crippen LogP contribution in [0, 0.1) is 5.92 Å². The van der Waals surface area contributed by atoms with Crippen molar-refractivity contribution in [3.63, 3.8) is 0 Å². The molecule has 3 heterocycles. The van der Waals surface area contributed by atoms with E-state index < -0.39 is 15.7 Å². The molecular formula is C22H31Cl2N3O4S. The first-order valence-electron chi connectivity index (χ1n) is 11.3. The third kappa shape index (κ3) is 4.55. The van der Waals surface area contributed by atoms with E-state index in [2.05, 4.69) is 19.2 Å². The average molecular weight is 504 g/mol. The van der Waals surface area contributed by atoms with Gasteiger partial charge >= 0.3 is 0 Å². The quantitative estimate of drug-likeness (QED) is 0.642. The topological polar surface area (TPSA) is 79.0 Å². The van der Waals surface area contributed by atoms with Crippen LogP contribution in [0.1, 0.15) is 46.0 Å². The van der Waals surface area contributed by atoms with E-state index in [1.54, 1.807) is 12.1 Å². The average Bonchev–Trinajstić information content (AvgIpc) is 3.33. The monoisotopic (exact) mass is 503 g/mol. The van der Waals surface area contributed by atoms with E-state index in [1.807, 2.05) is 4.90 Å². The Morgan fingerprint density at radius 3 is 2.59 bits per heavy atom. The van der Waals surface area contributed by atoms with Gasteiger partial charge in [0.1, 0.15) is 4.90 Å². The smallest absolute Gasteiger partial charge is 0.244 e. The molecule has 3 aliphatic heterocycles. The molecule has 32 heavy (non-hydrogen) atoms. The van der Waals surface area contributed by atoms with E-state index in [0.717, 1.165) is 25.9 Å². The van der Waals surface area contributed by atoms with Gasteiger partial charge < -0.3 is 9.64 Å². The summed E-state index contributed by atoms with van der Waals surface area (Å²) >= 11 is 12.3. The van der Waals surface area contributed by atoms with E-state index in [1.165, 1.54) is 10.4 Å². The van der Waals surface area contributed by atoms with Crippen LogP contribution in [0.15, 0.2) is 23.1 Å². The minimum absolute atomic E-state index is 0.0203. The lowest BCUT2D eigenvalue weighted by Gasteiger charge is -2.44. The summed E-state index contributed by atoms with van der Waals surface area (Å²) in [5.41, 5.74) is -0.549. The van der Waals surface area contributed by atoms with Gasteiger partial charge in [-0.3, -0.25) is 10.1 Å². The van der Waals surface area contributed by atoms with Crippen molar-refractivity contribution in [1.29, 1.82) is 0 Å². The van der Waals surface area contributed by atoms with Crippen molar-refractivity contribution < 1.29 is 17.9 Å². The Balaban J connectivity index is 1.54. The Labute approximate surface area is 200 Å². The fourth-order valence-electron chi connectivity index (χ4n) is 5.08. The van der Waals surface area contributed by atoms with Crippen LogP contribution in [-0.4, -0.2) is 67.6 Å². The summed E-state index contributed by atoms with van der Waals surface area (Å²) in [7, 11) is -3.79. The van der Waals surface area contributed by atoms with Crippen LogP contribution < -0.4 is 5.32 Å². The van der Waals surface area contributed by atoms with Crippen LogP contribution in [0.5, 0.6) is 0 Å². The number of ether oxygens (including phenoxy) is 1. The number of rotatable bonds is 6. The van der Waals surface area contributed by atoms with Crippen LogP contribution >= 0.6 is 23.2 Å². The largest absolute Gasteiger partial charge is 0.376 e. The fourth-order valence-corrected chi connectivity index (χ4v) is 7.26. The minimum atomic E-state index is -3.79. The van der Waals surface area contributed by atoms with Crippen molar-refractivity contribution in [2.45, 2.75) is 68.7 Å². The highest BCUT2D eigenvalue weighted by atomic mass is 35.5. The Morgan fingerprint density at radius 1 is 1.25 bits per heavy atom. The maximum atomic E-state index is 13.3.